The molecule has 1 aliphatic heterocycles. The van der Waals surface area contributed by atoms with Crippen molar-refractivity contribution in [3.63, 3.8) is 0 Å². The van der Waals surface area contributed by atoms with Crippen molar-refractivity contribution < 1.29 is 18.3 Å². The van der Waals surface area contributed by atoms with Crippen molar-refractivity contribution in [3.8, 4) is 17.6 Å². The number of halogens is 2. The van der Waals surface area contributed by atoms with E-state index < -0.39 is 11.6 Å². The van der Waals surface area contributed by atoms with E-state index in [2.05, 4.69) is 17.2 Å². The maximum Gasteiger partial charge on any atom is 0.255 e. The second kappa shape index (κ2) is 5.86. The van der Waals surface area contributed by atoms with Gasteiger partial charge in [-0.05, 0) is 30.3 Å². The first-order chi connectivity index (χ1) is 10.6. The van der Waals surface area contributed by atoms with Crippen molar-refractivity contribution in [1.82, 2.24) is 5.32 Å². The lowest BCUT2D eigenvalue weighted by Crippen LogP contribution is -2.24. The van der Waals surface area contributed by atoms with Crippen molar-refractivity contribution >= 4 is 5.91 Å². The number of fused-ring (bicyclic) bond motifs is 1. The number of hydrogen-bond acceptors (Lipinski definition) is 2. The second-order valence-electron chi connectivity index (χ2n) is 4.69. The predicted octanol–water partition coefficient (Wildman–Crippen LogP) is 2.49. The minimum atomic E-state index is -0.719. The van der Waals surface area contributed by atoms with Crippen molar-refractivity contribution in [1.29, 1.82) is 0 Å². The molecule has 2 aromatic carbocycles. The molecule has 1 aliphatic rings. The fraction of sp³-hybridized carbons (Fsp3) is 0.118. The largest absolute Gasteiger partial charge is 0.491 e. The molecule has 5 heteroatoms. The monoisotopic (exact) mass is 299 g/mol. The average Bonchev–Trinajstić information content (AvgIpc) is 2.68. The third-order valence-corrected chi connectivity index (χ3v) is 3.14. The molecule has 0 unspecified atom stereocenters. The fourth-order valence-electron chi connectivity index (χ4n) is 2.06. The van der Waals surface area contributed by atoms with Crippen LogP contribution in [-0.4, -0.2) is 19.1 Å². The molecule has 110 valence electrons. The molecule has 1 amide bonds. The Kier molecular flexibility index (Phi) is 3.75. The molecule has 22 heavy (non-hydrogen) atoms. The summed E-state index contributed by atoms with van der Waals surface area (Å²) in [5.41, 5.74) is 1.03. The van der Waals surface area contributed by atoms with E-state index >= 15 is 0 Å². The average molecular weight is 299 g/mol. The summed E-state index contributed by atoms with van der Waals surface area (Å²) in [4.78, 5) is 11.9. The number of hydrogen-bond donors (Lipinski definition) is 1. The quantitative estimate of drug-likeness (QED) is 0.759. The van der Waals surface area contributed by atoms with Gasteiger partial charge in [0.05, 0.1) is 17.7 Å². The number of amides is 1. The molecule has 0 fully saturated rings. The van der Waals surface area contributed by atoms with E-state index in [9.17, 15) is 13.6 Å². The molecule has 0 spiro atoms. The molecular formula is C17H11F2NO2. The zero-order chi connectivity index (χ0) is 15.5. The smallest absolute Gasteiger partial charge is 0.255 e. The maximum absolute atomic E-state index is 13.5. The first-order valence-electron chi connectivity index (χ1n) is 6.65. The zero-order valence-corrected chi connectivity index (χ0v) is 11.5. The number of carbonyl (C=O) groups excluding carboxylic acids is 1. The van der Waals surface area contributed by atoms with Gasteiger partial charge in [-0.15, -0.1) is 0 Å². The SMILES string of the molecule is O=C1NCCOc2ccc(C#Cc3ccc(F)cc3F)cc21. The second-order valence-corrected chi connectivity index (χ2v) is 4.69. The normalized spacial score (nSPS) is 13.1. The fourth-order valence-corrected chi connectivity index (χ4v) is 2.06. The Morgan fingerprint density at radius 1 is 1.09 bits per heavy atom. The summed E-state index contributed by atoms with van der Waals surface area (Å²) < 4.78 is 31.8. The lowest BCUT2D eigenvalue weighted by molar-refractivity contribution is 0.0957. The van der Waals surface area contributed by atoms with Gasteiger partial charge in [0.1, 0.15) is 24.0 Å². The van der Waals surface area contributed by atoms with Gasteiger partial charge in [-0.25, -0.2) is 8.78 Å². The maximum atomic E-state index is 13.5. The molecule has 1 heterocycles. The summed E-state index contributed by atoms with van der Waals surface area (Å²) in [6, 6.07) is 8.13. The van der Waals surface area contributed by atoms with Crippen LogP contribution in [0.3, 0.4) is 0 Å². The van der Waals surface area contributed by atoms with E-state index in [0.29, 0.717) is 30.0 Å². The van der Waals surface area contributed by atoms with Gasteiger partial charge >= 0.3 is 0 Å². The van der Waals surface area contributed by atoms with Crippen LogP contribution in [0.5, 0.6) is 5.75 Å². The van der Waals surface area contributed by atoms with Crippen LogP contribution in [0, 0.1) is 23.5 Å². The highest BCUT2D eigenvalue weighted by molar-refractivity contribution is 5.97. The van der Waals surface area contributed by atoms with E-state index in [1.165, 1.54) is 6.07 Å². The van der Waals surface area contributed by atoms with Crippen LogP contribution in [0.15, 0.2) is 36.4 Å². The zero-order valence-electron chi connectivity index (χ0n) is 11.5. The number of ether oxygens (including phenoxy) is 1. The van der Waals surface area contributed by atoms with Gasteiger partial charge in [0.25, 0.3) is 5.91 Å². The van der Waals surface area contributed by atoms with E-state index in [-0.39, 0.29) is 11.5 Å². The van der Waals surface area contributed by atoms with Gasteiger partial charge in [-0.1, -0.05) is 11.8 Å². The van der Waals surface area contributed by atoms with E-state index in [1.807, 2.05) is 0 Å². The Hall–Kier alpha value is -2.87. The molecular weight excluding hydrogens is 288 g/mol. The molecule has 1 N–H and O–H groups in total. The number of carbonyl (C=O) groups is 1. The van der Waals surface area contributed by atoms with Crippen LogP contribution in [0.4, 0.5) is 8.78 Å². The number of nitrogens with one attached hydrogen (secondary N) is 1. The predicted molar refractivity (Wildman–Crippen MR) is 76.6 cm³/mol. The van der Waals surface area contributed by atoms with Gasteiger partial charge in [0, 0.05) is 11.6 Å². The highest BCUT2D eigenvalue weighted by Gasteiger charge is 2.16. The van der Waals surface area contributed by atoms with Gasteiger partial charge in [-0.2, -0.15) is 0 Å². The Labute approximate surface area is 125 Å². The Balaban J connectivity index is 1.94. The standard InChI is InChI=1S/C17H11F2NO2/c18-13-5-4-12(15(19)10-13)3-1-11-2-6-16-14(9-11)17(21)20-7-8-22-16/h2,4-6,9-10H,7-8H2,(H,20,21). The van der Waals surface area contributed by atoms with Crippen molar-refractivity contribution in [2.45, 2.75) is 0 Å². The van der Waals surface area contributed by atoms with Crippen LogP contribution < -0.4 is 10.1 Å². The summed E-state index contributed by atoms with van der Waals surface area (Å²) in [6.07, 6.45) is 0. The molecule has 0 aromatic heterocycles. The van der Waals surface area contributed by atoms with E-state index in [1.54, 1.807) is 18.2 Å². The number of rotatable bonds is 0. The van der Waals surface area contributed by atoms with Gasteiger partial charge in [-0.3, -0.25) is 4.79 Å². The topological polar surface area (TPSA) is 38.3 Å². The van der Waals surface area contributed by atoms with Crippen LogP contribution in [-0.2, 0) is 0 Å². The van der Waals surface area contributed by atoms with Gasteiger partial charge in [0.15, 0.2) is 0 Å². The Bertz CT molecular complexity index is 806. The van der Waals surface area contributed by atoms with E-state index in [4.69, 9.17) is 4.74 Å². The third kappa shape index (κ3) is 2.91. The van der Waals surface area contributed by atoms with Crippen molar-refractivity contribution in [2.24, 2.45) is 0 Å². The number of benzene rings is 2. The highest BCUT2D eigenvalue weighted by atomic mass is 19.1. The summed E-state index contributed by atoms with van der Waals surface area (Å²) in [7, 11) is 0. The summed E-state index contributed by atoms with van der Waals surface area (Å²) in [5.74, 6) is 4.29. The van der Waals surface area contributed by atoms with Gasteiger partial charge < -0.3 is 10.1 Å². The van der Waals surface area contributed by atoms with Crippen LogP contribution in [0.2, 0.25) is 0 Å². The summed E-state index contributed by atoms with van der Waals surface area (Å²) >= 11 is 0. The molecule has 0 saturated carbocycles. The van der Waals surface area contributed by atoms with Crippen LogP contribution in [0.1, 0.15) is 21.5 Å². The molecule has 0 aliphatic carbocycles. The lowest BCUT2D eigenvalue weighted by Gasteiger charge is -2.04. The van der Waals surface area contributed by atoms with Crippen LogP contribution in [0.25, 0.3) is 0 Å². The van der Waals surface area contributed by atoms with Gasteiger partial charge in [0.2, 0.25) is 0 Å². The molecule has 2 aromatic rings. The third-order valence-electron chi connectivity index (χ3n) is 3.14. The summed E-state index contributed by atoms with van der Waals surface area (Å²) in [6.45, 7) is 0.847. The molecule has 0 bridgehead atoms. The molecule has 0 radical (unpaired) electrons. The molecule has 0 saturated heterocycles. The van der Waals surface area contributed by atoms with Crippen molar-refractivity contribution in [3.05, 3.63) is 64.7 Å². The molecule has 3 rings (SSSR count). The Morgan fingerprint density at radius 2 is 1.95 bits per heavy atom. The first kappa shape index (κ1) is 14.1. The van der Waals surface area contributed by atoms with Crippen molar-refractivity contribution in [2.75, 3.05) is 13.2 Å². The van der Waals surface area contributed by atoms with E-state index in [0.717, 1.165) is 12.1 Å². The minimum Gasteiger partial charge on any atom is -0.491 e. The molecule has 0 atom stereocenters. The summed E-state index contributed by atoms with van der Waals surface area (Å²) in [5, 5.41) is 2.70. The van der Waals surface area contributed by atoms with Crippen LogP contribution >= 0.6 is 0 Å². The Morgan fingerprint density at radius 3 is 2.77 bits per heavy atom. The first-order valence-corrected chi connectivity index (χ1v) is 6.65. The highest BCUT2D eigenvalue weighted by Crippen LogP contribution is 2.21. The molecule has 3 nitrogen and oxygen atoms in total. The minimum absolute atomic E-state index is 0.0945. The lowest BCUT2D eigenvalue weighted by atomic mass is 10.1.